The second kappa shape index (κ2) is 9.16. The highest BCUT2D eigenvalue weighted by Crippen LogP contribution is 2.31. The fourth-order valence-corrected chi connectivity index (χ4v) is 4.74. The average molecular weight is 469 g/mol. The second-order valence-electron chi connectivity index (χ2n) is 8.77. The number of pyridine rings is 1. The number of imidazole rings is 1. The number of rotatable bonds is 5. The second-order valence-corrected chi connectivity index (χ2v) is 8.77. The molecule has 0 atom stereocenters. The van der Waals surface area contributed by atoms with Crippen LogP contribution in [-0.4, -0.2) is 16.7 Å². The van der Waals surface area contributed by atoms with E-state index in [2.05, 4.69) is 113 Å². The molecule has 4 nitrogen and oxygen atoms in total. The first-order chi connectivity index (χ1) is 17.7. The molecule has 0 aliphatic heterocycles. The van der Waals surface area contributed by atoms with E-state index in [-0.39, 0.29) is 0 Å². The van der Waals surface area contributed by atoms with Crippen molar-refractivity contribution in [3.05, 3.63) is 121 Å². The lowest BCUT2D eigenvalue weighted by atomic mass is 9.99. The van der Waals surface area contributed by atoms with Gasteiger partial charge in [-0.05, 0) is 35.4 Å². The maximum absolute atomic E-state index is 5.47. The van der Waals surface area contributed by atoms with Crippen LogP contribution in [0.1, 0.15) is 0 Å². The molecule has 0 saturated carbocycles. The molecule has 6 rings (SSSR count). The smallest absolute Gasteiger partial charge is 0.405 e. The largest absolute Gasteiger partial charge is 0.497 e. The summed E-state index contributed by atoms with van der Waals surface area (Å²) in [5.74, 6) is 1.64. The van der Waals surface area contributed by atoms with Gasteiger partial charge in [-0.1, -0.05) is 96.0 Å². The Morgan fingerprint density at radius 3 is 1.67 bits per heavy atom. The quantitative estimate of drug-likeness (QED) is 0.259. The molecule has 0 N–H and O–H groups in total. The van der Waals surface area contributed by atoms with Gasteiger partial charge in [0, 0.05) is 17.2 Å². The summed E-state index contributed by atoms with van der Waals surface area (Å²) in [4.78, 5) is 5.11. The minimum Gasteiger partial charge on any atom is -0.497 e. The van der Waals surface area contributed by atoms with E-state index in [0.717, 1.165) is 50.8 Å². The van der Waals surface area contributed by atoms with Crippen LogP contribution in [0.5, 0.6) is 5.75 Å². The van der Waals surface area contributed by atoms with Crippen molar-refractivity contribution >= 4 is 11.0 Å². The van der Waals surface area contributed by atoms with E-state index >= 15 is 0 Å². The zero-order chi connectivity index (χ0) is 24.5. The highest BCUT2D eigenvalue weighted by atomic mass is 16.5. The number of methoxy groups -OCH3 is 1. The SMILES string of the molecule is COc1ccc2c(c1)nc(-[n+]1c(-c3ccccc3)cc(-c3ccccc3)cc1-c1ccccc1)n2C. The summed E-state index contributed by atoms with van der Waals surface area (Å²) >= 11 is 0. The molecule has 0 unspecified atom stereocenters. The fourth-order valence-electron chi connectivity index (χ4n) is 4.74. The molecule has 0 aliphatic carbocycles. The van der Waals surface area contributed by atoms with E-state index in [0.29, 0.717) is 0 Å². The van der Waals surface area contributed by atoms with Crippen LogP contribution >= 0.6 is 0 Å². The molecule has 36 heavy (non-hydrogen) atoms. The minimum absolute atomic E-state index is 0.795. The highest BCUT2D eigenvalue weighted by Gasteiger charge is 2.27. The van der Waals surface area contributed by atoms with Crippen LogP contribution in [-0.2, 0) is 7.05 Å². The van der Waals surface area contributed by atoms with Crippen LogP contribution in [0.25, 0.3) is 50.6 Å². The zero-order valence-corrected chi connectivity index (χ0v) is 20.3. The topological polar surface area (TPSA) is 30.9 Å². The van der Waals surface area contributed by atoms with Gasteiger partial charge in [-0.2, -0.15) is 4.57 Å². The first-order valence-electron chi connectivity index (χ1n) is 12.0. The van der Waals surface area contributed by atoms with Crippen LogP contribution in [0.4, 0.5) is 0 Å². The van der Waals surface area contributed by atoms with Crippen LogP contribution < -0.4 is 9.30 Å². The Balaban J connectivity index is 1.72. The normalized spacial score (nSPS) is 11.1. The highest BCUT2D eigenvalue weighted by molar-refractivity contribution is 5.79. The predicted octanol–water partition coefficient (Wildman–Crippen LogP) is 6.86. The van der Waals surface area contributed by atoms with Crippen molar-refractivity contribution in [1.29, 1.82) is 0 Å². The molecule has 4 aromatic carbocycles. The van der Waals surface area contributed by atoms with Crippen molar-refractivity contribution in [2.75, 3.05) is 7.11 Å². The van der Waals surface area contributed by atoms with Gasteiger partial charge in [0.1, 0.15) is 22.7 Å². The van der Waals surface area contributed by atoms with Gasteiger partial charge in [0.2, 0.25) is 0 Å². The summed E-state index contributed by atoms with van der Waals surface area (Å²) in [6, 6.07) is 42.1. The standard InChI is InChI=1S/C32H26N3O/c1-34-29-19-18-27(36-2)22-28(29)33-32(34)35-30(24-14-8-4-9-15-24)20-26(23-12-6-3-7-13-23)21-31(35)25-16-10-5-11-17-25/h3-22H,1-2H3/q+1. The lowest BCUT2D eigenvalue weighted by Gasteiger charge is -2.16. The maximum atomic E-state index is 5.47. The molecule has 0 radical (unpaired) electrons. The molecular formula is C32H26N3O+. The number of nitrogens with zero attached hydrogens (tertiary/aromatic N) is 3. The summed E-state index contributed by atoms with van der Waals surface area (Å²) in [6.07, 6.45) is 0. The molecule has 2 heterocycles. The molecule has 0 fully saturated rings. The average Bonchev–Trinajstić information content (AvgIpc) is 3.28. The Hall–Kier alpha value is -4.70. The lowest BCUT2D eigenvalue weighted by molar-refractivity contribution is -0.581. The van der Waals surface area contributed by atoms with Gasteiger partial charge in [0.25, 0.3) is 0 Å². The molecule has 0 spiro atoms. The first-order valence-corrected chi connectivity index (χ1v) is 12.0. The fraction of sp³-hybridized carbons (Fsp3) is 0.0625. The molecule has 0 aliphatic rings. The summed E-state index contributed by atoms with van der Waals surface area (Å²) in [5.41, 5.74) is 8.66. The zero-order valence-electron chi connectivity index (χ0n) is 20.3. The van der Waals surface area contributed by atoms with Crippen molar-refractivity contribution in [2.45, 2.75) is 0 Å². The Bertz CT molecular complexity index is 1600. The Morgan fingerprint density at radius 1 is 0.611 bits per heavy atom. The van der Waals surface area contributed by atoms with E-state index in [1.807, 2.05) is 24.3 Å². The third kappa shape index (κ3) is 3.83. The van der Waals surface area contributed by atoms with Crippen LogP contribution in [0, 0.1) is 0 Å². The van der Waals surface area contributed by atoms with Crippen molar-refractivity contribution < 1.29 is 9.30 Å². The number of benzene rings is 4. The molecule has 0 saturated heterocycles. The van der Waals surface area contributed by atoms with Crippen LogP contribution in [0.2, 0.25) is 0 Å². The Labute approximate surface area is 210 Å². The number of ether oxygens (including phenoxy) is 1. The van der Waals surface area contributed by atoms with Gasteiger partial charge in [-0.3, -0.25) is 0 Å². The molecule has 6 aromatic rings. The molecular weight excluding hydrogens is 442 g/mol. The van der Waals surface area contributed by atoms with Crippen LogP contribution in [0.3, 0.4) is 0 Å². The number of aromatic nitrogens is 3. The maximum Gasteiger partial charge on any atom is 0.405 e. The molecule has 2 aromatic heterocycles. The predicted molar refractivity (Wildman–Crippen MR) is 145 cm³/mol. The summed E-state index contributed by atoms with van der Waals surface area (Å²) < 4.78 is 9.89. The molecule has 174 valence electrons. The van der Waals surface area contributed by atoms with Gasteiger partial charge < -0.3 is 4.74 Å². The number of fused-ring (bicyclic) bond motifs is 1. The van der Waals surface area contributed by atoms with Crippen molar-refractivity contribution in [3.8, 4) is 45.3 Å². The third-order valence-electron chi connectivity index (χ3n) is 6.58. The van der Waals surface area contributed by atoms with E-state index in [4.69, 9.17) is 9.72 Å². The Morgan fingerprint density at radius 2 is 1.14 bits per heavy atom. The summed E-state index contributed by atoms with van der Waals surface area (Å²) in [5, 5.41) is 0. The first kappa shape index (κ1) is 21.8. The lowest BCUT2D eigenvalue weighted by Crippen LogP contribution is -2.39. The summed E-state index contributed by atoms with van der Waals surface area (Å²) in [7, 11) is 3.75. The van der Waals surface area contributed by atoms with Crippen molar-refractivity contribution in [2.24, 2.45) is 7.05 Å². The van der Waals surface area contributed by atoms with E-state index in [1.165, 1.54) is 5.56 Å². The summed E-state index contributed by atoms with van der Waals surface area (Å²) in [6.45, 7) is 0. The number of aryl methyl sites for hydroxylation is 1. The van der Waals surface area contributed by atoms with Gasteiger partial charge in [-0.25, -0.2) is 4.57 Å². The van der Waals surface area contributed by atoms with Gasteiger partial charge >= 0.3 is 5.95 Å². The Kier molecular flexibility index (Phi) is 5.55. The monoisotopic (exact) mass is 468 g/mol. The van der Waals surface area contributed by atoms with E-state index in [9.17, 15) is 0 Å². The minimum atomic E-state index is 0.795. The third-order valence-corrected chi connectivity index (χ3v) is 6.58. The molecule has 0 bridgehead atoms. The van der Waals surface area contributed by atoms with Crippen molar-refractivity contribution in [3.63, 3.8) is 0 Å². The molecule has 0 amide bonds. The van der Waals surface area contributed by atoms with E-state index in [1.54, 1.807) is 7.11 Å². The molecule has 4 heteroatoms. The van der Waals surface area contributed by atoms with Crippen LogP contribution in [0.15, 0.2) is 121 Å². The number of hydrogen-bond donors (Lipinski definition) is 0. The number of hydrogen-bond acceptors (Lipinski definition) is 2. The van der Waals surface area contributed by atoms with Gasteiger partial charge in [-0.15, -0.1) is 0 Å². The van der Waals surface area contributed by atoms with E-state index < -0.39 is 0 Å². The van der Waals surface area contributed by atoms with Gasteiger partial charge in [0.05, 0.1) is 14.2 Å². The van der Waals surface area contributed by atoms with Gasteiger partial charge in [0.15, 0.2) is 5.52 Å². The van der Waals surface area contributed by atoms with Crippen molar-refractivity contribution in [1.82, 2.24) is 9.55 Å².